The SMILES string of the molecule is CC(C)c1ccccc1NC(=O)c1cc(Cl)ccc1[N+](=O)[O-]. The molecule has 0 bridgehead atoms. The van der Waals surface area contributed by atoms with E-state index < -0.39 is 10.8 Å². The Morgan fingerprint density at radius 2 is 1.91 bits per heavy atom. The quantitative estimate of drug-likeness (QED) is 0.660. The monoisotopic (exact) mass is 318 g/mol. The Morgan fingerprint density at radius 3 is 2.55 bits per heavy atom. The van der Waals surface area contributed by atoms with E-state index in [1.54, 1.807) is 12.1 Å². The van der Waals surface area contributed by atoms with E-state index in [1.807, 2.05) is 26.0 Å². The number of benzene rings is 2. The number of carbonyl (C=O) groups is 1. The van der Waals surface area contributed by atoms with Crippen LogP contribution in [0.25, 0.3) is 0 Å². The van der Waals surface area contributed by atoms with Gasteiger partial charge in [-0.2, -0.15) is 0 Å². The van der Waals surface area contributed by atoms with Crippen LogP contribution in [0.3, 0.4) is 0 Å². The maximum absolute atomic E-state index is 12.4. The summed E-state index contributed by atoms with van der Waals surface area (Å²) in [5.41, 5.74) is 1.26. The van der Waals surface area contributed by atoms with Crippen LogP contribution in [0.2, 0.25) is 5.02 Å². The first-order chi connectivity index (χ1) is 10.4. The van der Waals surface area contributed by atoms with Gasteiger partial charge in [-0.05, 0) is 29.7 Å². The van der Waals surface area contributed by atoms with Crippen LogP contribution in [-0.4, -0.2) is 10.8 Å². The second-order valence-electron chi connectivity index (χ2n) is 5.11. The van der Waals surface area contributed by atoms with Crippen LogP contribution in [0.15, 0.2) is 42.5 Å². The molecule has 0 aromatic heterocycles. The average Bonchev–Trinajstić information content (AvgIpc) is 2.47. The molecule has 0 saturated carbocycles. The van der Waals surface area contributed by atoms with Crippen molar-refractivity contribution in [1.82, 2.24) is 0 Å². The molecule has 2 aromatic rings. The standard InChI is InChI=1S/C16H15ClN2O3/c1-10(2)12-5-3-4-6-14(12)18-16(20)13-9-11(17)7-8-15(13)19(21)22/h3-10H,1-2H3,(H,18,20). The van der Waals surface area contributed by atoms with Gasteiger partial charge in [0, 0.05) is 16.8 Å². The fraction of sp³-hybridized carbons (Fsp3) is 0.188. The number of nitrogens with one attached hydrogen (secondary N) is 1. The molecule has 1 N–H and O–H groups in total. The molecule has 0 atom stereocenters. The van der Waals surface area contributed by atoms with Crippen LogP contribution in [0.5, 0.6) is 0 Å². The van der Waals surface area contributed by atoms with Crippen LogP contribution >= 0.6 is 11.6 Å². The van der Waals surface area contributed by atoms with Gasteiger partial charge in [-0.1, -0.05) is 43.6 Å². The highest BCUT2D eigenvalue weighted by Crippen LogP contribution is 2.27. The molecule has 6 heteroatoms. The first-order valence-corrected chi connectivity index (χ1v) is 7.12. The number of halogens is 1. The van der Waals surface area contributed by atoms with Crippen molar-refractivity contribution < 1.29 is 9.72 Å². The molecule has 114 valence electrons. The summed E-state index contributed by atoms with van der Waals surface area (Å²) in [5.74, 6) is -0.340. The highest BCUT2D eigenvalue weighted by molar-refractivity contribution is 6.31. The van der Waals surface area contributed by atoms with E-state index in [-0.39, 0.29) is 22.2 Å². The highest BCUT2D eigenvalue weighted by atomic mass is 35.5. The van der Waals surface area contributed by atoms with Crippen molar-refractivity contribution in [3.63, 3.8) is 0 Å². The molecule has 2 rings (SSSR count). The maximum Gasteiger partial charge on any atom is 0.282 e. The van der Waals surface area contributed by atoms with Gasteiger partial charge in [-0.15, -0.1) is 0 Å². The highest BCUT2D eigenvalue weighted by Gasteiger charge is 2.21. The van der Waals surface area contributed by atoms with Crippen LogP contribution in [0.1, 0.15) is 35.7 Å². The van der Waals surface area contributed by atoms with E-state index in [2.05, 4.69) is 5.32 Å². The van der Waals surface area contributed by atoms with Crippen molar-refractivity contribution in [2.75, 3.05) is 5.32 Å². The molecule has 0 aliphatic rings. The molecular formula is C16H15ClN2O3. The van der Waals surface area contributed by atoms with Gasteiger partial charge >= 0.3 is 0 Å². The van der Waals surface area contributed by atoms with Crippen molar-refractivity contribution in [2.24, 2.45) is 0 Å². The Morgan fingerprint density at radius 1 is 1.23 bits per heavy atom. The molecule has 0 radical (unpaired) electrons. The third-order valence-corrected chi connectivity index (χ3v) is 3.47. The lowest BCUT2D eigenvalue weighted by Gasteiger charge is -2.13. The molecule has 1 amide bonds. The van der Waals surface area contributed by atoms with Gasteiger partial charge in [-0.3, -0.25) is 14.9 Å². The zero-order valence-electron chi connectivity index (χ0n) is 12.2. The van der Waals surface area contributed by atoms with Crippen molar-refractivity contribution in [3.8, 4) is 0 Å². The minimum Gasteiger partial charge on any atom is -0.322 e. The second-order valence-corrected chi connectivity index (χ2v) is 5.55. The van der Waals surface area contributed by atoms with Gasteiger partial charge in [0.15, 0.2) is 0 Å². The maximum atomic E-state index is 12.4. The molecule has 0 aliphatic carbocycles. The number of hydrogen-bond acceptors (Lipinski definition) is 3. The Kier molecular flexibility index (Phi) is 4.78. The van der Waals surface area contributed by atoms with Crippen LogP contribution in [0, 0.1) is 10.1 Å². The number of rotatable bonds is 4. The number of para-hydroxylation sites is 1. The lowest BCUT2D eigenvalue weighted by Crippen LogP contribution is -2.15. The van der Waals surface area contributed by atoms with E-state index in [9.17, 15) is 14.9 Å². The zero-order valence-corrected chi connectivity index (χ0v) is 12.9. The summed E-state index contributed by atoms with van der Waals surface area (Å²) in [4.78, 5) is 22.8. The van der Waals surface area contributed by atoms with Gasteiger partial charge in [0.25, 0.3) is 11.6 Å². The smallest absolute Gasteiger partial charge is 0.282 e. The molecule has 22 heavy (non-hydrogen) atoms. The van der Waals surface area contributed by atoms with Crippen LogP contribution in [-0.2, 0) is 0 Å². The molecule has 2 aromatic carbocycles. The number of hydrogen-bond donors (Lipinski definition) is 1. The minimum absolute atomic E-state index is 0.0592. The predicted molar refractivity (Wildman–Crippen MR) is 86.6 cm³/mol. The summed E-state index contributed by atoms with van der Waals surface area (Å²) in [6, 6.07) is 11.3. The predicted octanol–water partition coefficient (Wildman–Crippen LogP) is 4.62. The van der Waals surface area contributed by atoms with E-state index in [0.29, 0.717) is 5.69 Å². The number of nitrogens with zero attached hydrogens (tertiary/aromatic N) is 1. The summed E-state index contributed by atoms with van der Waals surface area (Å²) in [5, 5.41) is 14.0. The topological polar surface area (TPSA) is 72.2 Å². The Balaban J connectivity index is 2.38. The third-order valence-electron chi connectivity index (χ3n) is 3.23. The van der Waals surface area contributed by atoms with Gasteiger partial charge in [0.1, 0.15) is 5.56 Å². The molecule has 0 spiro atoms. The van der Waals surface area contributed by atoms with Crippen molar-refractivity contribution in [2.45, 2.75) is 19.8 Å². The lowest BCUT2D eigenvalue weighted by molar-refractivity contribution is -0.385. The van der Waals surface area contributed by atoms with Gasteiger partial charge < -0.3 is 5.32 Å². The Labute approximate surface area is 133 Å². The summed E-state index contributed by atoms with van der Waals surface area (Å²) in [6.45, 7) is 4.01. The van der Waals surface area contributed by atoms with Crippen molar-refractivity contribution >= 4 is 28.9 Å². The normalized spacial score (nSPS) is 10.5. The summed E-state index contributed by atoms with van der Waals surface area (Å²) in [6.07, 6.45) is 0. The zero-order chi connectivity index (χ0) is 16.3. The van der Waals surface area contributed by atoms with Gasteiger partial charge in [0.2, 0.25) is 0 Å². The number of anilines is 1. The van der Waals surface area contributed by atoms with Crippen molar-refractivity contribution in [3.05, 3.63) is 68.7 Å². The summed E-state index contributed by atoms with van der Waals surface area (Å²) < 4.78 is 0. The number of nitro benzene ring substituents is 1. The average molecular weight is 319 g/mol. The molecular weight excluding hydrogens is 304 g/mol. The fourth-order valence-corrected chi connectivity index (χ4v) is 2.33. The molecule has 0 saturated heterocycles. The Hall–Kier alpha value is -2.40. The lowest BCUT2D eigenvalue weighted by atomic mass is 10.0. The van der Waals surface area contributed by atoms with E-state index in [1.165, 1.54) is 18.2 Å². The van der Waals surface area contributed by atoms with Crippen molar-refractivity contribution in [1.29, 1.82) is 0 Å². The van der Waals surface area contributed by atoms with E-state index in [4.69, 9.17) is 11.6 Å². The molecule has 0 fully saturated rings. The largest absolute Gasteiger partial charge is 0.322 e. The molecule has 0 aliphatic heterocycles. The van der Waals surface area contributed by atoms with E-state index in [0.717, 1.165) is 5.56 Å². The minimum atomic E-state index is -0.598. The number of nitro groups is 1. The fourth-order valence-electron chi connectivity index (χ4n) is 2.15. The van der Waals surface area contributed by atoms with Crippen LogP contribution in [0.4, 0.5) is 11.4 Å². The second kappa shape index (κ2) is 6.58. The first-order valence-electron chi connectivity index (χ1n) is 6.74. The molecule has 0 unspecified atom stereocenters. The van der Waals surface area contributed by atoms with Gasteiger partial charge in [0.05, 0.1) is 4.92 Å². The third kappa shape index (κ3) is 3.43. The Bertz CT molecular complexity index is 729. The van der Waals surface area contributed by atoms with Gasteiger partial charge in [-0.25, -0.2) is 0 Å². The number of carbonyl (C=O) groups excluding carboxylic acids is 1. The summed E-state index contributed by atoms with van der Waals surface area (Å²) in [7, 11) is 0. The number of amides is 1. The molecule has 0 heterocycles. The van der Waals surface area contributed by atoms with Crippen LogP contribution < -0.4 is 5.32 Å². The summed E-state index contributed by atoms with van der Waals surface area (Å²) >= 11 is 5.85. The first kappa shape index (κ1) is 16.0. The molecule has 5 nitrogen and oxygen atoms in total. The van der Waals surface area contributed by atoms with E-state index >= 15 is 0 Å².